The molecule has 26 heavy (non-hydrogen) atoms. The highest BCUT2D eigenvalue weighted by Crippen LogP contribution is 2.24. The van der Waals surface area contributed by atoms with E-state index in [2.05, 4.69) is 4.98 Å². The molecule has 0 fully saturated rings. The van der Waals surface area contributed by atoms with E-state index in [1.165, 1.54) is 0 Å². The van der Waals surface area contributed by atoms with Gasteiger partial charge in [-0.05, 0) is 29.7 Å². The zero-order chi connectivity index (χ0) is 18.3. The van der Waals surface area contributed by atoms with Crippen LogP contribution in [0.1, 0.15) is 16.8 Å². The summed E-state index contributed by atoms with van der Waals surface area (Å²) in [4.78, 5) is 31.2. The Hall–Kier alpha value is -2.99. The first-order chi connectivity index (χ1) is 12.5. The lowest BCUT2D eigenvalue weighted by Crippen LogP contribution is -2.48. The highest BCUT2D eigenvalue weighted by atomic mass is 16.1. The van der Waals surface area contributed by atoms with Crippen molar-refractivity contribution in [2.24, 2.45) is 12.8 Å². The van der Waals surface area contributed by atoms with Crippen molar-refractivity contribution in [1.29, 1.82) is 0 Å². The largest absolute Gasteiger partial charge is 0.368 e. The number of nitrogens with zero attached hydrogens (tertiary/aromatic N) is 3. The van der Waals surface area contributed by atoms with Crippen LogP contribution < -0.4 is 11.3 Å². The van der Waals surface area contributed by atoms with Crippen LogP contribution >= 0.6 is 0 Å². The second-order valence-corrected chi connectivity index (χ2v) is 6.71. The molecular weight excluding hydrogens is 328 g/mol. The quantitative estimate of drug-likeness (QED) is 0.775. The lowest BCUT2D eigenvalue weighted by Gasteiger charge is -2.34. The van der Waals surface area contributed by atoms with E-state index in [-0.39, 0.29) is 11.5 Å². The molecule has 4 rings (SSSR count). The molecule has 1 aromatic heterocycles. The second-order valence-electron chi connectivity index (χ2n) is 6.71. The van der Waals surface area contributed by atoms with Crippen LogP contribution in [-0.2, 0) is 31.4 Å². The number of para-hydroxylation sites is 2. The summed E-state index contributed by atoms with van der Waals surface area (Å²) in [6, 6.07) is 15.1. The minimum Gasteiger partial charge on any atom is -0.368 e. The molecule has 1 aliphatic heterocycles. The van der Waals surface area contributed by atoms with Gasteiger partial charge in [-0.3, -0.25) is 14.5 Å². The monoisotopic (exact) mass is 348 g/mol. The molecule has 0 saturated carbocycles. The number of hydrogen-bond acceptors (Lipinski definition) is 4. The number of aryl methyl sites for hydroxylation is 1. The number of benzene rings is 2. The van der Waals surface area contributed by atoms with Gasteiger partial charge in [-0.15, -0.1) is 0 Å². The summed E-state index contributed by atoms with van der Waals surface area (Å²) in [6.07, 6.45) is 0.555. The lowest BCUT2D eigenvalue weighted by atomic mass is 9.93. The third-order valence-electron chi connectivity index (χ3n) is 5.08. The highest BCUT2D eigenvalue weighted by molar-refractivity contribution is 5.80. The van der Waals surface area contributed by atoms with E-state index >= 15 is 0 Å². The maximum absolute atomic E-state index is 12.7. The van der Waals surface area contributed by atoms with Crippen molar-refractivity contribution in [3.8, 4) is 0 Å². The number of fused-ring (bicyclic) bond motifs is 2. The van der Waals surface area contributed by atoms with E-state index in [1.807, 2.05) is 53.4 Å². The minimum absolute atomic E-state index is 0.147. The molecule has 2 aromatic carbocycles. The van der Waals surface area contributed by atoms with Crippen LogP contribution in [0.3, 0.4) is 0 Å². The molecule has 2 heterocycles. The Kier molecular flexibility index (Phi) is 4.05. The Balaban J connectivity index is 1.74. The summed E-state index contributed by atoms with van der Waals surface area (Å²) in [6.45, 7) is 0.862. The first kappa shape index (κ1) is 16.5. The zero-order valence-electron chi connectivity index (χ0n) is 14.6. The van der Waals surface area contributed by atoms with Crippen LogP contribution in [0.4, 0.5) is 0 Å². The molecule has 0 unspecified atom stereocenters. The van der Waals surface area contributed by atoms with E-state index in [1.54, 1.807) is 11.6 Å². The lowest BCUT2D eigenvalue weighted by molar-refractivity contribution is -0.124. The standard InChI is InChI=1S/C20H20N4O2/c1-23-17-9-5-4-8-15(17)22-16(20(23)26)12-24-11-14-7-3-2-6-13(14)10-18(24)19(21)25/h2-9,18H,10-12H2,1H3,(H2,21,25)/t18-/m0/s1. The van der Waals surface area contributed by atoms with Crippen molar-refractivity contribution < 1.29 is 4.79 Å². The van der Waals surface area contributed by atoms with Crippen LogP contribution in [0.2, 0.25) is 0 Å². The fourth-order valence-corrected chi connectivity index (χ4v) is 3.66. The molecule has 1 aliphatic rings. The zero-order valence-corrected chi connectivity index (χ0v) is 14.6. The smallest absolute Gasteiger partial charge is 0.273 e. The van der Waals surface area contributed by atoms with Gasteiger partial charge in [-0.1, -0.05) is 36.4 Å². The van der Waals surface area contributed by atoms with Crippen LogP contribution in [0, 0.1) is 0 Å². The molecule has 6 heteroatoms. The van der Waals surface area contributed by atoms with Gasteiger partial charge in [-0.2, -0.15) is 0 Å². The van der Waals surface area contributed by atoms with Crippen LogP contribution in [0.5, 0.6) is 0 Å². The molecule has 132 valence electrons. The van der Waals surface area contributed by atoms with Crippen LogP contribution in [0.15, 0.2) is 53.3 Å². The summed E-state index contributed by atoms with van der Waals surface area (Å²) < 4.78 is 1.61. The third-order valence-corrected chi connectivity index (χ3v) is 5.08. The number of carbonyl (C=O) groups is 1. The molecule has 1 atom stereocenters. The Morgan fingerprint density at radius 3 is 2.62 bits per heavy atom. The molecule has 6 nitrogen and oxygen atoms in total. The Morgan fingerprint density at radius 2 is 1.85 bits per heavy atom. The molecule has 1 amide bonds. The Labute approximate surface area is 150 Å². The first-order valence-electron chi connectivity index (χ1n) is 8.59. The molecule has 2 N–H and O–H groups in total. The van der Waals surface area contributed by atoms with Gasteiger partial charge in [0.2, 0.25) is 5.91 Å². The van der Waals surface area contributed by atoms with Gasteiger partial charge in [0.1, 0.15) is 5.69 Å². The Morgan fingerprint density at radius 1 is 1.15 bits per heavy atom. The number of hydrogen-bond donors (Lipinski definition) is 1. The van der Waals surface area contributed by atoms with Crippen molar-refractivity contribution in [2.75, 3.05) is 0 Å². The van der Waals surface area contributed by atoms with Crippen LogP contribution in [0.25, 0.3) is 11.0 Å². The predicted molar refractivity (Wildman–Crippen MR) is 99.4 cm³/mol. The maximum Gasteiger partial charge on any atom is 0.273 e. The highest BCUT2D eigenvalue weighted by Gasteiger charge is 2.30. The van der Waals surface area contributed by atoms with Crippen molar-refractivity contribution in [1.82, 2.24) is 14.5 Å². The Bertz CT molecular complexity index is 1060. The van der Waals surface area contributed by atoms with E-state index in [4.69, 9.17) is 5.73 Å². The molecule has 0 aliphatic carbocycles. The summed E-state index contributed by atoms with van der Waals surface area (Å²) in [7, 11) is 1.74. The molecule has 3 aromatic rings. The fraction of sp³-hybridized carbons (Fsp3) is 0.250. The number of aromatic nitrogens is 2. The van der Waals surface area contributed by atoms with Crippen molar-refractivity contribution in [3.05, 3.63) is 75.7 Å². The molecule has 0 radical (unpaired) electrons. The summed E-state index contributed by atoms with van der Waals surface area (Å²) in [5.41, 5.74) is 9.76. The molecule has 0 spiro atoms. The number of carbonyl (C=O) groups excluding carboxylic acids is 1. The van der Waals surface area contributed by atoms with Gasteiger partial charge in [0.05, 0.1) is 17.1 Å². The summed E-state index contributed by atoms with van der Waals surface area (Å²) in [5.74, 6) is -0.378. The van der Waals surface area contributed by atoms with E-state index in [0.29, 0.717) is 25.2 Å². The number of rotatable bonds is 3. The van der Waals surface area contributed by atoms with Gasteiger partial charge in [0.15, 0.2) is 0 Å². The average Bonchev–Trinajstić information content (AvgIpc) is 2.65. The topological polar surface area (TPSA) is 81.2 Å². The number of amides is 1. The molecule has 0 bridgehead atoms. The number of primary amides is 1. The summed E-state index contributed by atoms with van der Waals surface area (Å²) >= 11 is 0. The van der Waals surface area contributed by atoms with Gasteiger partial charge in [-0.25, -0.2) is 4.98 Å². The van der Waals surface area contributed by atoms with Crippen molar-refractivity contribution in [3.63, 3.8) is 0 Å². The molecular formula is C20H20N4O2. The van der Waals surface area contributed by atoms with Crippen LogP contribution in [-0.4, -0.2) is 26.4 Å². The first-order valence-corrected chi connectivity index (χ1v) is 8.59. The van der Waals surface area contributed by atoms with Gasteiger partial charge < -0.3 is 10.3 Å². The maximum atomic E-state index is 12.7. The second kappa shape index (κ2) is 6.38. The van der Waals surface area contributed by atoms with E-state index in [0.717, 1.165) is 22.2 Å². The van der Waals surface area contributed by atoms with E-state index < -0.39 is 6.04 Å². The minimum atomic E-state index is -0.442. The van der Waals surface area contributed by atoms with Crippen molar-refractivity contribution in [2.45, 2.75) is 25.6 Å². The van der Waals surface area contributed by atoms with Gasteiger partial charge in [0.25, 0.3) is 5.56 Å². The third kappa shape index (κ3) is 2.78. The van der Waals surface area contributed by atoms with Gasteiger partial charge in [0, 0.05) is 20.1 Å². The van der Waals surface area contributed by atoms with E-state index in [9.17, 15) is 9.59 Å². The predicted octanol–water partition coefficient (Wildman–Crippen LogP) is 1.35. The SMILES string of the molecule is Cn1c(=O)c(CN2Cc3ccccc3C[C@H]2C(N)=O)nc2ccccc21. The fourth-order valence-electron chi connectivity index (χ4n) is 3.66. The normalized spacial score (nSPS) is 17.2. The average molecular weight is 348 g/mol. The number of nitrogens with two attached hydrogens (primary N) is 1. The van der Waals surface area contributed by atoms with Crippen molar-refractivity contribution >= 4 is 16.9 Å². The molecule has 0 saturated heterocycles. The summed E-state index contributed by atoms with van der Waals surface area (Å²) in [5, 5.41) is 0. The van der Waals surface area contributed by atoms with Gasteiger partial charge >= 0.3 is 0 Å².